The lowest BCUT2D eigenvalue weighted by molar-refractivity contribution is 0.0952. The third kappa shape index (κ3) is 5.82. The van der Waals surface area contributed by atoms with Crippen LogP contribution in [0.25, 0.3) is 0 Å². The number of carbonyl (C=O) groups excluding carboxylic acids is 1. The van der Waals surface area contributed by atoms with Gasteiger partial charge in [-0.15, -0.1) is 0 Å². The summed E-state index contributed by atoms with van der Waals surface area (Å²) in [5.41, 5.74) is 0.857. The molecule has 0 aliphatic rings. The van der Waals surface area contributed by atoms with Crippen LogP contribution >= 0.6 is 15.9 Å². The molecule has 0 radical (unpaired) electrons. The molecule has 1 unspecified atom stereocenters. The first-order valence-electron chi connectivity index (χ1n) is 5.71. The maximum Gasteiger partial charge on any atom is 0.252 e. The van der Waals surface area contributed by atoms with Crippen LogP contribution in [-0.2, 0) is 0 Å². The van der Waals surface area contributed by atoms with E-state index in [1.165, 1.54) is 0 Å². The van der Waals surface area contributed by atoms with Crippen molar-refractivity contribution in [3.05, 3.63) is 30.1 Å². The van der Waals surface area contributed by atoms with Crippen LogP contribution in [0.3, 0.4) is 0 Å². The van der Waals surface area contributed by atoms with Gasteiger partial charge in [-0.3, -0.25) is 9.78 Å². The maximum absolute atomic E-state index is 11.7. The van der Waals surface area contributed by atoms with Gasteiger partial charge < -0.3 is 5.32 Å². The summed E-state index contributed by atoms with van der Waals surface area (Å²) < 4.78 is 0. The van der Waals surface area contributed by atoms with E-state index in [1.54, 1.807) is 24.5 Å². The third-order valence-electron chi connectivity index (χ3n) is 2.24. The first-order chi connectivity index (χ1) is 7.88. The van der Waals surface area contributed by atoms with Crippen LogP contribution in [0.1, 0.15) is 37.6 Å². The minimum atomic E-state index is -0.0727. The molecule has 0 saturated heterocycles. The molecule has 0 saturated carbocycles. The first kappa shape index (κ1) is 14.2. The molecule has 94 valence electrons. The van der Waals surface area contributed by atoms with Gasteiger partial charge in [0.25, 0.3) is 5.91 Å². The largest absolute Gasteiger partial charge is 0.351 e. The molecule has 0 aromatic carbocycles. The maximum atomic E-state index is 11.7. The van der Waals surface area contributed by atoms with Gasteiger partial charge in [0.05, 0.1) is 5.56 Å². The number of pyridine rings is 1. The highest BCUT2D eigenvalue weighted by atomic mass is 79.9. The lowest BCUT2D eigenvalue weighted by atomic mass is 9.90. The van der Waals surface area contributed by atoms with Crippen molar-refractivity contribution >= 4 is 21.8 Å². The molecule has 1 atom stereocenters. The molecule has 1 N–H and O–H groups in total. The molecule has 1 heterocycles. The zero-order chi connectivity index (χ0) is 12.9. The zero-order valence-corrected chi connectivity index (χ0v) is 12.1. The molecule has 0 fully saturated rings. The summed E-state index contributed by atoms with van der Waals surface area (Å²) in [7, 11) is 0. The van der Waals surface area contributed by atoms with Crippen molar-refractivity contribution in [2.24, 2.45) is 5.41 Å². The van der Waals surface area contributed by atoms with E-state index in [-0.39, 0.29) is 11.3 Å². The summed E-state index contributed by atoms with van der Waals surface area (Å²) in [4.78, 5) is 16.0. The molecule has 0 spiro atoms. The van der Waals surface area contributed by atoms with Gasteiger partial charge in [0.1, 0.15) is 0 Å². The predicted octanol–water partition coefficient (Wildman–Crippen LogP) is 3.01. The topological polar surface area (TPSA) is 42.0 Å². The molecule has 1 aromatic rings. The van der Waals surface area contributed by atoms with Crippen LogP contribution in [0.15, 0.2) is 24.5 Å². The number of aromatic nitrogens is 1. The van der Waals surface area contributed by atoms with Crippen molar-refractivity contribution in [2.75, 3.05) is 6.54 Å². The van der Waals surface area contributed by atoms with Gasteiger partial charge in [0, 0.05) is 23.8 Å². The Morgan fingerprint density at radius 1 is 1.53 bits per heavy atom. The van der Waals surface area contributed by atoms with Gasteiger partial charge in [0.15, 0.2) is 0 Å². The minimum Gasteiger partial charge on any atom is -0.351 e. The Labute approximate surface area is 111 Å². The number of nitrogens with one attached hydrogen (secondary N) is 1. The molecule has 17 heavy (non-hydrogen) atoms. The predicted molar refractivity (Wildman–Crippen MR) is 73.4 cm³/mol. The summed E-state index contributed by atoms with van der Waals surface area (Å²) in [6.07, 6.45) is 4.24. The van der Waals surface area contributed by atoms with E-state index in [1.807, 2.05) is 0 Å². The third-order valence-corrected chi connectivity index (χ3v) is 2.89. The van der Waals surface area contributed by atoms with Crippen LogP contribution in [0, 0.1) is 5.41 Å². The van der Waals surface area contributed by atoms with Gasteiger partial charge in [-0.1, -0.05) is 36.7 Å². The lowest BCUT2D eigenvalue weighted by Gasteiger charge is -2.22. The molecule has 1 rings (SSSR count). The van der Waals surface area contributed by atoms with E-state index in [0.717, 1.165) is 6.42 Å². The van der Waals surface area contributed by atoms with E-state index < -0.39 is 0 Å². The standard InChI is InChI=1S/C13H19BrN2O/c1-13(2,3)7-11(14)9-16-12(17)10-5-4-6-15-8-10/h4-6,8,11H,7,9H2,1-3H3,(H,16,17). The Balaban J connectivity index is 2.39. The van der Waals surface area contributed by atoms with Crippen molar-refractivity contribution in [3.8, 4) is 0 Å². The van der Waals surface area contributed by atoms with E-state index >= 15 is 0 Å². The quantitative estimate of drug-likeness (QED) is 0.868. The summed E-state index contributed by atoms with van der Waals surface area (Å²) in [5.74, 6) is -0.0727. The van der Waals surface area contributed by atoms with Gasteiger partial charge in [0.2, 0.25) is 0 Å². The second-order valence-corrected chi connectivity index (χ2v) is 6.61. The number of hydrogen-bond acceptors (Lipinski definition) is 2. The average Bonchev–Trinajstić information content (AvgIpc) is 2.25. The molecular weight excluding hydrogens is 280 g/mol. The van der Waals surface area contributed by atoms with Crippen LogP contribution < -0.4 is 5.32 Å². The smallest absolute Gasteiger partial charge is 0.252 e. The Bertz CT molecular complexity index is 359. The number of nitrogens with zero attached hydrogens (tertiary/aromatic N) is 1. The Morgan fingerprint density at radius 3 is 2.76 bits per heavy atom. The fourth-order valence-corrected chi connectivity index (χ4v) is 2.67. The van der Waals surface area contributed by atoms with E-state index in [9.17, 15) is 4.79 Å². The second-order valence-electron chi connectivity index (χ2n) is 5.31. The molecule has 0 aliphatic heterocycles. The Hall–Kier alpha value is -0.900. The second kappa shape index (κ2) is 6.15. The van der Waals surface area contributed by atoms with Gasteiger partial charge in [-0.25, -0.2) is 0 Å². The molecule has 3 nitrogen and oxygen atoms in total. The summed E-state index contributed by atoms with van der Waals surface area (Å²) in [6, 6.07) is 3.52. The van der Waals surface area contributed by atoms with E-state index in [4.69, 9.17) is 0 Å². The van der Waals surface area contributed by atoms with E-state index in [2.05, 4.69) is 47.0 Å². The number of rotatable bonds is 4. The fraction of sp³-hybridized carbons (Fsp3) is 0.538. The molecule has 4 heteroatoms. The molecule has 1 aromatic heterocycles. The highest BCUT2D eigenvalue weighted by Gasteiger charge is 2.17. The van der Waals surface area contributed by atoms with Crippen molar-refractivity contribution in [3.63, 3.8) is 0 Å². The summed E-state index contributed by atoms with van der Waals surface area (Å²) >= 11 is 3.58. The number of carbonyl (C=O) groups is 1. The number of alkyl halides is 1. The van der Waals surface area contributed by atoms with Gasteiger partial charge >= 0.3 is 0 Å². The average molecular weight is 299 g/mol. The molecule has 1 amide bonds. The SMILES string of the molecule is CC(C)(C)CC(Br)CNC(=O)c1cccnc1. The zero-order valence-electron chi connectivity index (χ0n) is 10.5. The monoisotopic (exact) mass is 298 g/mol. The van der Waals surface area contributed by atoms with Crippen molar-refractivity contribution < 1.29 is 4.79 Å². The van der Waals surface area contributed by atoms with Crippen LogP contribution in [0.5, 0.6) is 0 Å². The normalized spacial score (nSPS) is 13.2. The summed E-state index contributed by atoms with van der Waals surface area (Å²) in [6.45, 7) is 7.18. The Morgan fingerprint density at radius 2 is 2.24 bits per heavy atom. The van der Waals surface area contributed by atoms with Crippen LogP contribution in [-0.4, -0.2) is 22.3 Å². The number of halogens is 1. The summed E-state index contributed by atoms with van der Waals surface area (Å²) in [5, 5.41) is 2.90. The Kier molecular flexibility index (Phi) is 5.12. The van der Waals surface area contributed by atoms with Crippen LogP contribution in [0.4, 0.5) is 0 Å². The number of hydrogen-bond donors (Lipinski definition) is 1. The minimum absolute atomic E-state index is 0.0727. The van der Waals surface area contributed by atoms with Gasteiger partial charge in [-0.05, 0) is 24.0 Å². The van der Waals surface area contributed by atoms with Crippen molar-refractivity contribution in [1.29, 1.82) is 0 Å². The van der Waals surface area contributed by atoms with E-state index in [0.29, 0.717) is 16.9 Å². The molecule has 0 bridgehead atoms. The highest BCUT2D eigenvalue weighted by Crippen LogP contribution is 2.24. The number of amides is 1. The molecule has 0 aliphatic carbocycles. The lowest BCUT2D eigenvalue weighted by Crippen LogP contribution is -2.31. The highest BCUT2D eigenvalue weighted by molar-refractivity contribution is 9.09. The van der Waals surface area contributed by atoms with Crippen molar-refractivity contribution in [2.45, 2.75) is 32.0 Å². The fourth-order valence-electron chi connectivity index (χ4n) is 1.54. The van der Waals surface area contributed by atoms with Gasteiger partial charge in [-0.2, -0.15) is 0 Å². The van der Waals surface area contributed by atoms with Crippen molar-refractivity contribution in [1.82, 2.24) is 10.3 Å². The first-order valence-corrected chi connectivity index (χ1v) is 6.62. The van der Waals surface area contributed by atoms with Crippen LogP contribution in [0.2, 0.25) is 0 Å². The molecular formula is C13H19BrN2O.